The third-order valence-electron chi connectivity index (χ3n) is 16.6. The van der Waals surface area contributed by atoms with Crippen LogP contribution in [0.1, 0.15) is 322 Å². The number of aliphatic carboxylic acids is 1. The van der Waals surface area contributed by atoms with Crippen molar-refractivity contribution in [3.05, 3.63) is 146 Å². The molecule has 0 rings (SSSR count). The standard InChI is InChI=1S/C86H145NO8/c1-6-8-10-12-14-16-18-20-22-24-26-28-30-32-34-36-37-38-39-40-41-42-43-44-45-46-47-49-51-53-55-57-59-61-63-65-67-69-71-73-75-77-84(89)95-82(81-94-86(85(90)91)92-79-78-87(3,4)5)80-93-83(88)76-74-72-70-68-66-64-62-60-58-56-54-52-50-48-35-33-31-29-27-25-23-21-19-17-15-13-11-9-7-2/h8-11,14-17,20-23,26-29,32-35,37-38,50,52,82,86H,6-7,12-13,18-19,24-25,30-31,36,39-49,51,53-81H2,1-5H3/p+1/b10-8-,11-9-,16-14-,17-15-,22-20-,23-21-,28-26-,29-27-,34-32-,35-33-,38-37-,52-50-. The lowest BCUT2D eigenvalue weighted by Gasteiger charge is -2.25. The number of quaternary nitrogens is 1. The van der Waals surface area contributed by atoms with E-state index in [1.165, 1.54) is 173 Å². The third kappa shape index (κ3) is 76.4. The molecule has 0 aromatic heterocycles. The average molecular weight is 1320 g/mol. The zero-order valence-electron chi connectivity index (χ0n) is 62.0. The van der Waals surface area contributed by atoms with Crippen LogP contribution in [0, 0.1) is 0 Å². The second-order valence-electron chi connectivity index (χ2n) is 26.9. The summed E-state index contributed by atoms with van der Waals surface area (Å²) in [4.78, 5) is 37.7. The Bertz CT molecular complexity index is 2080. The van der Waals surface area contributed by atoms with Crippen LogP contribution in [0.4, 0.5) is 0 Å². The number of rotatable bonds is 71. The molecule has 0 aliphatic carbocycles. The van der Waals surface area contributed by atoms with E-state index in [1.807, 2.05) is 21.1 Å². The highest BCUT2D eigenvalue weighted by Gasteiger charge is 2.25. The van der Waals surface area contributed by atoms with E-state index in [1.54, 1.807) is 0 Å². The molecule has 0 amide bonds. The number of carbonyl (C=O) groups is 3. The van der Waals surface area contributed by atoms with Crippen molar-refractivity contribution in [2.24, 2.45) is 0 Å². The number of carbonyl (C=O) groups excluding carboxylic acids is 2. The van der Waals surface area contributed by atoms with Gasteiger partial charge in [0, 0.05) is 12.8 Å². The predicted molar refractivity (Wildman–Crippen MR) is 410 cm³/mol. The van der Waals surface area contributed by atoms with Crippen LogP contribution in [0.3, 0.4) is 0 Å². The minimum atomic E-state index is -1.52. The van der Waals surface area contributed by atoms with Crippen molar-refractivity contribution in [2.75, 3.05) is 47.5 Å². The number of hydrogen-bond donors (Lipinski definition) is 1. The van der Waals surface area contributed by atoms with Crippen molar-refractivity contribution in [3.8, 4) is 0 Å². The molecule has 2 unspecified atom stereocenters. The summed E-state index contributed by atoms with van der Waals surface area (Å²) in [5, 5.41) is 9.77. The molecule has 542 valence electrons. The van der Waals surface area contributed by atoms with Gasteiger partial charge in [0.25, 0.3) is 6.29 Å². The van der Waals surface area contributed by atoms with Gasteiger partial charge in [0.1, 0.15) is 13.2 Å². The smallest absolute Gasteiger partial charge is 0.361 e. The number of esters is 2. The summed E-state index contributed by atoms with van der Waals surface area (Å²) in [5.74, 6) is -2.00. The molecule has 0 aromatic carbocycles. The Morgan fingerprint density at radius 2 is 0.568 bits per heavy atom. The van der Waals surface area contributed by atoms with Crippen LogP contribution in [-0.2, 0) is 33.3 Å². The van der Waals surface area contributed by atoms with Crippen LogP contribution in [0.5, 0.6) is 0 Å². The van der Waals surface area contributed by atoms with E-state index in [4.69, 9.17) is 18.9 Å². The fourth-order valence-electron chi connectivity index (χ4n) is 10.7. The van der Waals surface area contributed by atoms with Crippen molar-refractivity contribution in [3.63, 3.8) is 0 Å². The molecule has 0 spiro atoms. The van der Waals surface area contributed by atoms with Gasteiger partial charge in [-0.2, -0.15) is 0 Å². The zero-order valence-corrected chi connectivity index (χ0v) is 62.0. The van der Waals surface area contributed by atoms with Crippen molar-refractivity contribution < 1.29 is 42.9 Å². The second-order valence-corrected chi connectivity index (χ2v) is 26.9. The molecule has 9 heteroatoms. The number of nitrogens with zero attached hydrogens (tertiary/aromatic N) is 1. The van der Waals surface area contributed by atoms with Gasteiger partial charge in [-0.3, -0.25) is 9.59 Å². The van der Waals surface area contributed by atoms with E-state index in [-0.39, 0.29) is 32.2 Å². The summed E-state index contributed by atoms with van der Waals surface area (Å²) < 4.78 is 23.0. The average Bonchev–Trinajstić information content (AvgIpc) is 3.54. The summed E-state index contributed by atoms with van der Waals surface area (Å²) >= 11 is 0. The number of allylic oxidation sites excluding steroid dienone is 24. The Balaban J connectivity index is 4.03. The maximum absolute atomic E-state index is 13.0. The summed E-state index contributed by atoms with van der Waals surface area (Å²) in [6.45, 7) is 4.66. The van der Waals surface area contributed by atoms with Gasteiger partial charge in [-0.25, -0.2) is 4.79 Å². The quantitative estimate of drug-likeness (QED) is 0.0211. The van der Waals surface area contributed by atoms with Crippen molar-refractivity contribution in [1.29, 1.82) is 0 Å². The Hall–Kier alpha value is -4.83. The first-order valence-corrected chi connectivity index (χ1v) is 39.0. The fourth-order valence-corrected chi connectivity index (χ4v) is 10.7. The molecule has 95 heavy (non-hydrogen) atoms. The van der Waals surface area contributed by atoms with Gasteiger partial charge in [0.05, 0.1) is 34.4 Å². The van der Waals surface area contributed by atoms with Crippen LogP contribution in [0.25, 0.3) is 0 Å². The van der Waals surface area contributed by atoms with E-state index < -0.39 is 24.3 Å². The monoisotopic (exact) mass is 1320 g/mol. The molecule has 0 bridgehead atoms. The lowest BCUT2D eigenvalue weighted by atomic mass is 10.0. The number of carboxylic acid groups (broad SMARTS) is 1. The van der Waals surface area contributed by atoms with Crippen LogP contribution < -0.4 is 0 Å². The van der Waals surface area contributed by atoms with Crippen molar-refractivity contribution >= 4 is 17.9 Å². The van der Waals surface area contributed by atoms with E-state index in [2.05, 4.69) is 160 Å². The molecule has 0 saturated carbocycles. The molecular weight excluding hydrogens is 1170 g/mol. The molecule has 0 aliphatic heterocycles. The van der Waals surface area contributed by atoms with Crippen LogP contribution in [-0.4, -0.2) is 87.4 Å². The predicted octanol–water partition coefficient (Wildman–Crippen LogP) is 25.0. The SMILES string of the molecule is CC/C=C\C/C=C\C/C=C\C/C=C\C/C=C\C/C=C\CCCCCCCCCCCCCCCCCCCCCCCCC(=O)OC(COC(=O)CCCCCCCCCCCC/C=C\C/C=C\C/C=C\C/C=C\C/C=C\C/C=C\CC)COC(OCC[N+](C)(C)C)C(=O)O. The molecule has 1 N–H and O–H groups in total. The third-order valence-corrected chi connectivity index (χ3v) is 16.6. The van der Waals surface area contributed by atoms with E-state index in [9.17, 15) is 19.5 Å². The largest absolute Gasteiger partial charge is 0.477 e. The summed E-state index contributed by atoms with van der Waals surface area (Å²) in [7, 11) is 5.98. The topological polar surface area (TPSA) is 108 Å². The number of hydrogen-bond acceptors (Lipinski definition) is 7. The summed E-state index contributed by atoms with van der Waals surface area (Å²) in [6.07, 6.45) is 107. The maximum atomic E-state index is 13.0. The van der Waals surface area contributed by atoms with Gasteiger partial charge < -0.3 is 28.5 Å². The molecular formula is C86H146NO8+. The second kappa shape index (κ2) is 75.0. The fraction of sp³-hybridized carbons (Fsp3) is 0.686. The van der Waals surface area contributed by atoms with Crippen LogP contribution in [0.15, 0.2) is 146 Å². The van der Waals surface area contributed by atoms with E-state index in [0.29, 0.717) is 17.4 Å². The molecule has 9 nitrogen and oxygen atoms in total. The summed E-state index contributed by atoms with van der Waals surface area (Å²) in [5.41, 5.74) is 0. The Labute approximate surface area is 585 Å². The van der Waals surface area contributed by atoms with Crippen LogP contribution >= 0.6 is 0 Å². The first-order chi connectivity index (χ1) is 46.6. The Kier molecular flexibility index (Phi) is 71.1. The first kappa shape index (κ1) is 90.2. The molecule has 0 aliphatic rings. The molecule has 0 radical (unpaired) electrons. The minimum Gasteiger partial charge on any atom is -0.477 e. The van der Waals surface area contributed by atoms with Crippen LogP contribution in [0.2, 0.25) is 0 Å². The number of unbranched alkanes of at least 4 members (excludes halogenated alkanes) is 32. The van der Waals surface area contributed by atoms with Gasteiger partial charge in [-0.05, 0) is 116 Å². The van der Waals surface area contributed by atoms with Gasteiger partial charge in [0.2, 0.25) is 0 Å². The molecule has 0 heterocycles. The highest BCUT2D eigenvalue weighted by Crippen LogP contribution is 2.18. The highest BCUT2D eigenvalue weighted by molar-refractivity contribution is 5.71. The number of ether oxygens (including phenoxy) is 4. The van der Waals surface area contributed by atoms with E-state index >= 15 is 0 Å². The Morgan fingerprint density at radius 1 is 0.316 bits per heavy atom. The molecule has 0 aromatic rings. The minimum absolute atomic E-state index is 0.183. The lowest BCUT2D eigenvalue weighted by Crippen LogP contribution is -2.40. The Morgan fingerprint density at radius 3 is 0.842 bits per heavy atom. The van der Waals surface area contributed by atoms with Gasteiger partial charge in [0.15, 0.2) is 6.10 Å². The molecule has 0 fully saturated rings. The highest BCUT2D eigenvalue weighted by atomic mass is 16.7. The molecule has 2 atom stereocenters. The maximum Gasteiger partial charge on any atom is 0.361 e. The number of likely N-dealkylation sites (N-methyl/N-ethyl adjacent to an activating group) is 1. The zero-order chi connectivity index (χ0) is 69.0. The lowest BCUT2D eigenvalue weighted by molar-refractivity contribution is -0.870. The summed E-state index contributed by atoms with van der Waals surface area (Å²) in [6, 6.07) is 0. The van der Waals surface area contributed by atoms with Gasteiger partial charge in [-0.15, -0.1) is 0 Å². The number of carboxylic acids is 1. The normalized spacial score (nSPS) is 13.5. The van der Waals surface area contributed by atoms with Gasteiger partial charge >= 0.3 is 17.9 Å². The van der Waals surface area contributed by atoms with Crippen molar-refractivity contribution in [2.45, 2.75) is 334 Å². The van der Waals surface area contributed by atoms with E-state index in [0.717, 1.165) is 122 Å². The first-order valence-electron chi connectivity index (χ1n) is 39.0. The van der Waals surface area contributed by atoms with Gasteiger partial charge in [-0.1, -0.05) is 339 Å². The molecule has 0 saturated heterocycles. The van der Waals surface area contributed by atoms with Crippen molar-refractivity contribution in [1.82, 2.24) is 0 Å².